The molecule has 0 saturated carbocycles. The zero-order chi connectivity index (χ0) is 17.1. The van der Waals surface area contributed by atoms with Gasteiger partial charge in [0.1, 0.15) is 0 Å². The number of aromatic nitrogens is 2. The van der Waals surface area contributed by atoms with Crippen molar-refractivity contribution in [2.45, 2.75) is 19.3 Å². The van der Waals surface area contributed by atoms with Crippen LogP contribution >= 0.6 is 0 Å². The number of carbonyl (C=O) groups is 1. The summed E-state index contributed by atoms with van der Waals surface area (Å²) in [5.74, 6) is 0.679. The van der Waals surface area contributed by atoms with Crippen LogP contribution in [0.3, 0.4) is 0 Å². The molecule has 5 heteroatoms. The first-order chi connectivity index (χ1) is 12.3. The van der Waals surface area contributed by atoms with E-state index in [2.05, 4.69) is 32.3 Å². The molecule has 0 unspecified atom stereocenters. The van der Waals surface area contributed by atoms with E-state index >= 15 is 0 Å². The normalized spacial score (nSPS) is 14.0. The average molecular weight is 332 g/mol. The van der Waals surface area contributed by atoms with Gasteiger partial charge in [-0.2, -0.15) is 0 Å². The van der Waals surface area contributed by atoms with Crippen molar-refractivity contribution in [2.75, 3.05) is 23.3 Å². The fraction of sp³-hybridized carbons (Fsp3) is 0.250. The van der Waals surface area contributed by atoms with Gasteiger partial charge in [0.15, 0.2) is 0 Å². The van der Waals surface area contributed by atoms with Crippen LogP contribution in [-0.4, -0.2) is 29.0 Å². The van der Waals surface area contributed by atoms with Crippen LogP contribution in [0.25, 0.3) is 10.8 Å². The number of anilines is 2. The Kier molecular flexibility index (Phi) is 4.29. The Morgan fingerprint density at radius 2 is 1.72 bits per heavy atom. The van der Waals surface area contributed by atoms with Gasteiger partial charge in [0.05, 0.1) is 24.5 Å². The van der Waals surface area contributed by atoms with E-state index in [1.54, 1.807) is 12.4 Å². The highest BCUT2D eigenvalue weighted by Crippen LogP contribution is 2.20. The number of hydrogen-bond acceptors (Lipinski definition) is 4. The molecule has 4 rings (SSSR count). The summed E-state index contributed by atoms with van der Waals surface area (Å²) in [4.78, 5) is 23.3. The Hall–Kier alpha value is -2.95. The first-order valence-electron chi connectivity index (χ1n) is 8.63. The van der Waals surface area contributed by atoms with Crippen molar-refractivity contribution >= 4 is 28.3 Å². The lowest BCUT2D eigenvalue weighted by Gasteiger charge is -2.14. The first kappa shape index (κ1) is 15.6. The molecule has 0 aliphatic carbocycles. The second-order valence-electron chi connectivity index (χ2n) is 6.33. The minimum atomic E-state index is -0.0612. The third-order valence-corrected chi connectivity index (χ3v) is 4.54. The molecule has 0 radical (unpaired) electrons. The van der Waals surface area contributed by atoms with E-state index in [1.165, 1.54) is 12.8 Å². The third kappa shape index (κ3) is 3.45. The molecule has 1 N–H and O–H groups in total. The van der Waals surface area contributed by atoms with E-state index in [9.17, 15) is 4.79 Å². The van der Waals surface area contributed by atoms with E-state index < -0.39 is 0 Å². The SMILES string of the molecule is O=C(Cc1cccc2ccccc12)Nc1cnc(N2CCCC2)nc1. The van der Waals surface area contributed by atoms with Crippen molar-refractivity contribution in [2.24, 2.45) is 0 Å². The molecule has 1 fully saturated rings. The fourth-order valence-electron chi connectivity index (χ4n) is 3.29. The van der Waals surface area contributed by atoms with Crippen molar-refractivity contribution < 1.29 is 4.79 Å². The zero-order valence-electron chi connectivity index (χ0n) is 14.0. The summed E-state index contributed by atoms with van der Waals surface area (Å²) in [7, 11) is 0. The number of benzene rings is 2. The Bertz CT molecular complexity index is 880. The van der Waals surface area contributed by atoms with Gasteiger partial charge in [-0.25, -0.2) is 9.97 Å². The van der Waals surface area contributed by atoms with Crippen LogP contribution < -0.4 is 10.2 Å². The molecule has 1 amide bonds. The zero-order valence-corrected chi connectivity index (χ0v) is 14.0. The van der Waals surface area contributed by atoms with Crippen LogP contribution in [0.5, 0.6) is 0 Å². The van der Waals surface area contributed by atoms with Gasteiger partial charge in [0.25, 0.3) is 0 Å². The van der Waals surface area contributed by atoms with Crippen molar-refractivity contribution in [3.63, 3.8) is 0 Å². The molecule has 1 saturated heterocycles. The molecule has 0 spiro atoms. The summed E-state index contributed by atoms with van der Waals surface area (Å²) < 4.78 is 0. The van der Waals surface area contributed by atoms with Crippen molar-refractivity contribution in [1.82, 2.24) is 9.97 Å². The molecule has 1 aromatic heterocycles. The largest absolute Gasteiger partial charge is 0.341 e. The van der Waals surface area contributed by atoms with Gasteiger partial charge < -0.3 is 10.2 Å². The van der Waals surface area contributed by atoms with E-state index in [0.29, 0.717) is 12.1 Å². The Morgan fingerprint density at radius 1 is 1.00 bits per heavy atom. The molecule has 1 aliphatic rings. The van der Waals surface area contributed by atoms with E-state index in [4.69, 9.17) is 0 Å². The number of nitrogens with zero attached hydrogens (tertiary/aromatic N) is 3. The molecule has 0 bridgehead atoms. The maximum Gasteiger partial charge on any atom is 0.228 e. The molecule has 25 heavy (non-hydrogen) atoms. The summed E-state index contributed by atoms with van der Waals surface area (Å²) >= 11 is 0. The number of fused-ring (bicyclic) bond motifs is 1. The summed E-state index contributed by atoms with van der Waals surface area (Å²) in [6.07, 6.45) is 6.07. The van der Waals surface area contributed by atoms with Gasteiger partial charge >= 0.3 is 0 Å². The van der Waals surface area contributed by atoms with Crippen LogP contribution in [-0.2, 0) is 11.2 Å². The summed E-state index contributed by atoms with van der Waals surface area (Å²) in [6.45, 7) is 2.01. The smallest absolute Gasteiger partial charge is 0.228 e. The highest BCUT2D eigenvalue weighted by atomic mass is 16.1. The van der Waals surface area contributed by atoms with Crippen LogP contribution in [0, 0.1) is 0 Å². The second kappa shape index (κ2) is 6.89. The monoisotopic (exact) mass is 332 g/mol. The van der Waals surface area contributed by atoms with Crippen molar-refractivity contribution in [3.05, 3.63) is 60.4 Å². The molecule has 2 aromatic carbocycles. The van der Waals surface area contributed by atoms with E-state index in [1.807, 2.05) is 30.3 Å². The summed E-state index contributed by atoms with van der Waals surface area (Å²) in [6, 6.07) is 14.1. The number of carbonyl (C=O) groups excluding carboxylic acids is 1. The highest BCUT2D eigenvalue weighted by Gasteiger charge is 2.15. The number of rotatable bonds is 4. The predicted molar refractivity (Wildman–Crippen MR) is 99.8 cm³/mol. The second-order valence-corrected chi connectivity index (χ2v) is 6.33. The Morgan fingerprint density at radius 3 is 2.52 bits per heavy atom. The molecule has 1 aliphatic heterocycles. The highest BCUT2D eigenvalue weighted by molar-refractivity contribution is 5.96. The summed E-state index contributed by atoms with van der Waals surface area (Å²) in [5, 5.41) is 5.15. The van der Waals surface area contributed by atoms with Gasteiger partial charge in [-0.1, -0.05) is 42.5 Å². The molecule has 3 aromatic rings. The van der Waals surface area contributed by atoms with Crippen molar-refractivity contribution in [3.8, 4) is 0 Å². The maximum atomic E-state index is 12.4. The lowest BCUT2D eigenvalue weighted by molar-refractivity contribution is -0.115. The van der Waals surface area contributed by atoms with Crippen molar-refractivity contribution in [1.29, 1.82) is 0 Å². The Balaban J connectivity index is 1.44. The molecule has 2 heterocycles. The topological polar surface area (TPSA) is 58.1 Å². The fourth-order valence-corrected chi connectivity index (χ4v) is 3.29. The first-order valence-corrected chi connectivity index (χ1v) is 8.63. The van der Waals surface area contributed by atoms with Gasteiger partial charge in [0.2, 0.25) is 11.9 Å². The van der Waals surface area contributed by atoms with Crippen LogP contribution in [0.4, 0.5) is 11.6 Å². The molecular formula is C20H20N4O. The van der Waals surface area contributed by atoms with E-state index in [0.717, 1.165) is 35.4 Å². The molecule has 5 nitrogen and oxygen atoms in total. The average Bonchev–Trinajstić information content (AvgIpc) is 3.17. The number of amides is 1. The predicted octanol–water partition coefficient (Wildman–Crippen LogP) is 3.41. The number of hydrogen-bond donors (Lipinski definition) is 1. The molecular weight excluding hydrogens is 312 g/mol. The third-order valence-electron chi connectivity index (χ3n) is 4.54. The lowest BCUT2D eigenvalue weighted by atomic mass is 10.0. The van der Waals surface area contributed by atoms with Gasteiger partial charge in [-0.05, 0) is 29.2 Å². The van der Waals surface area contributed by atoms with Gasteiger partial charge in [-0.3, -0.25) is 4.79 Å². The standard InChI is InChI=1S/C20H20N4O/c25-19(12-16-8-5-7-15-6-1-2-9-18(15)16)23-17-13-21-20(22-14-17)24-10-3-4-11-24/h1-2,5-9,13-14H,3-4,10-12H2,(H,23,25). The molecule has 0 atom stereocenters. The minimum Gasteiger partial charge on any atom is -0.341 e. The minimum absolute atomic E-state index is 0.0612. The van der Waals surface area contributed by atoms with Crippen LogP contribution in [0.15, 0.2) is 54.9 Å². The van der Waals surface area contributed by atoms with Gasteiger partial charge in [-0.15, -0.1) is 0 Å². The number of nitrogens with one attached hydrogen (secondary N) is 1. The quantitative estimate of drug-likeness (QED) is 0.795. The van der Waals surface area contributed by atoms with Crippen LogP contribution in [0.2, 0.25) is 0 Å². The molecule has 126 valence electrons. The lowest BCUT2D eigenvalue weighted by Crippen LogP contribution is -2.21. The summed E-state index contributed by atoms with van der Waals surface area (Å²) in [5.41, 5.74) is 1.65. The van der Waals surface area contributed by atoms with E-state index in [-0.39, 0.29) is 5.91 Å². The maximum absolute atomic E-state index is 12.4. The van der Waals surface area contributed by atoms with Crippen LogP contribution in [0.1, 0.15) is 18.4 Å². The Labute approximate surface area is 146 Å². The van der Waals surface area contributed by atoms with Gasteiger partial charge in [0, 0.05) is 13.1 Å².